The lowest BCUT2D eigenvalue weighted by Gasteiger charge is -2.31. The molecule has 0 unspecified atom stereocenters. The maximum atomic E-state index is 13.3. The minimum atomic E-state index is -0.693. The SMILES string of the molecule is O=CC1(c2ccc(C#CC(c3ccccc3)(c3ccccc3)c3ccccc3)cc2)Cc2cc3c(cc2C1)CC(C=O)(c1ccc(C#CC(c2ccccc2)(c2ccccc2)c2ccccc2)cc1)C3. The Morgan fingerprint density at radius 1 is 0.314 bits per heavy atom. The van der Waals surface area contributed by atoms with Crippen LogP contribution in [-0.4, -0.2) is 12.6 Å². The summed E-state index contributed by atoms with van der Waals surface area (Å²) in [4.78, 5) is 26.5. The van der Waals surface area contributed by atoms with Crippen molar-refractivity contribution in [3.63, 3.8) is 0 Å². The molecule has 0 aromatic heterocycles. The number of benzene rings is 9. The highest BCUT2D eigenvalue weighted by Crippen LogP contribution is 2.46. The summed E-state index contributed by atoms with van der Waals surface area (Å²) >= 11 is 0. The van der Waals surface area contributed by atoms with Crippen molar-refractivity contribution in [1.82, 2.24) is 0 Å². The van der Waals surface area contributed by atoms with Gasteiger partial charge in [-0.15, -0.1) is 0 Å². The topological polar surface area (TPSA) is 34.1 Å². The summed E-state index contributed by atoms with van der Waals surface area (Å²) in [6, 6.07) is 84.1. The van der Waals surface area contributed by atoms with Crippen LogP contribution in [0.15, 0.2) is 243 Å². The van der Waals surface area contributed by atoms with Gasteiger partial charge in [-0.25, -0.2) is 0 Å². The summed E-state index contributed by atoms with van der Waals surface area (Å²) in [7, 11) is 0. The number of hydrogen-bond donors (Lipinski definition) is 0. The first kappa shape index (κ1) is 44.0. The minimum absolute atomic E-state index is 0.612. The van der Waals surface area contributed by atoms with E-state index in [1.807, 2.05) is 36.4 Å². The molecule has 0 atom stereocenters. The van der Waals surface area contributed by atoms with Crippen LogP contribution in [0.3, 0.4) is 0 Å². The molecule has 0 amide bonds. The smallest absolute Gasteiger partial charge is 0.131 e. The van der Waals surface area contributed by atoms with E-state index in [0.717, 1.165) is 68.2 Å². The van der Waals surface area contributed by atoms with Crippen molar-refractivity contribution in [3.8, 4) is 23.7 Å². The molecule has 0 heterocycles. The van der Waals surface area contributed by atoms with Gasteiger partial charge >= 0.3 is 0 Å². The Balaban J connectivity index is 0.851. The summed E-state index contributed by atoms with van der Waals surface area (Å²) in [6.07, 6.45) is 4.74. The van der Waals surface area contributed by atoms with Gasteiger partial charge in [-0.2, -0.15) is 0 Å². The quantitative estimate of drug-likeness (QED) is 0.0779. The summed E-state index contributed by atoms with van der Waals surface area (Å²) < 4.78 is 0. The summed E-state index contributed by atoms with van der Waals surface area (Å²) in [6.45, 7) is 0. The average Bonchev–Trinajstić information content (AvgIpc) is 4.01. The Morgan fingerprint density at radius 2 is 0.543 bits per heavy atom. The van der Waals surface area contributed by atoms with Crippen molar-refractivity contribution in [2.45, 2.75) is 47.3 Å². The van der Waals surface area contributed by atoms with Crippen LogP contribution in [0, 0.1) is 23.7 Å². The molecule has 0 saturated carbocycles. The Kier molecular flexibility index (Phi) is 11.6. The van der Waals surface area contributed by atoms with Gasteiger partial charge in [-0.05, 0) is 117 Å². The van der Waals surface area contributed by atoms with Crippen LogP contribution in [0.2, 0.25) is 0 Å². The van der Waals surface area contributed by atoms with Gasteiger partial charge in [0.15, 0.2) is 0 Å². The molecule has 0 bridgehead atoms. The molecule has 0 aliphatic heterocycles. The number of carbonyl (C=O) groups excluding carboxylic acids is 2. The van der Waals surface area contributed by atoms with Crippen molar-refractivity contribution in [1.29, 1.82) is 0 Å². The second kappa shape index (κ2) is 18.5. The standard InChI is InChI=1S/C68H50O2/c69-49-65(57-35-31-51(32-36-57)39-41-67(59-19-7-1-8-20-59,60-21-9-2-10-22-60)61-23-11-3-12-24-61)45-53-43-55-47-66(50-70,48-56(55)44-54(53)46-65)58-37-33-52(34-38-58)40-42-68(62-25-13-4-14-26-62,63-27-15-5-16-28-63)64-29-17-6-18-30-64/h1-38,43-44,49-50H,45-48H2. The molecular formula is C68H50O2. The largest absolute Gasteiger partial charge is 0.302 e. The van der Waals surface area contributed by atoms with E-state index in [4.69, 9.17) is 0 Å². The zero-order chi connectivity index (χ0) is 47.4. The van der Waals surface area contributed by atoms with Gasteiger partial charge in [0.05, 0.1) is 10.8 Å². The Hall–Kier alpha value is -8.56. The van der Waals surface area contributed by atoms with Gasteiger partial charge in [0.2, 0.25) is 0 Å². The molecular weight excluding hydrogens is 849 g/mol. The zero-order valence-corrected chi connectivity index (χ0v) is 38.9. The molecule has 2 heteroatoms. The summed E-state index contributed by atoms with van der Waals surface area (Å²) in [5.74, 6) is 14.6. The van der Waals surface area contributed by atoms with E-state index in [2.05, 4.69) is 230 Å². The minimum Gasteiger partial charge on any atom is -0.302 e. The molecule has 0 saturated heterocycles. The van der Waals surface area contributed by atoms with E-state index < -0.39 is 21.7 Å². The van der Waals surface area contributed by atoms with E-state index in [1.165, 1.54) is 22.3 Å². The molecule has 0 N–H and O–H groups in total. The van der Waals surface area contributed by atoms with Gasteiger partial charge in [-0.1, -0.05) is 242 Å². The fourth-order valence-corrected chi connectivity index (χ4v) is 11.3. The first-order valence-corrected chi connectivity index (χ1v) is 24.1. The highest BCUT2D eigenvalue weighted by molar-refractivity contribution is 5.76. The second-order valence-electron chi connectivity index (χ2n) is 19.0. The third-order valence-electron chi connectivity index (χ3n) is 14.9. The molecule has 9 aromatic carbocycles. The van der Waals surface area contributed by atoms with Crippen LogP contribution in [0.5, 0.6) is 0 Å². The number of fused-ring (bicyclic) bond motifs is 2. The molecule has 2 aliphatic rings. The predicted molar refractivity (Wildman–Crippen MR) is 282 cm³/mol. The lowest BCUT2D eigenvalue weighted by atomic mass is 9.70. The molecule has 334 valence electrons. The zero-order valence-electron chi connectivity index (χ0n) is 38.9. The fourth-order valence-electron chi connectivity index (χ4n) is 11.3. The Bertz CT molecular complexity index is 2970. The highest BCUT2D eigenvalue weighted by Gasteiger charge is 2.44. The predicted octanol–water partition coefficient (Wildman–Crippen LogP) is 12.9. The number of aldehydes is 2. The maximum Gasteiger partial charge on any atom is 0.131 e. The highest BCUT2D eigenvalue weighted by atomic mass is 16.1. The maximum absolute atomic E-state index is 13.3. The second-order valence-corrected chi connectivity index (χ2v) is 19.0. The van der Waals surface area contributed by atoms with Crippen LogP contribution in [0.1, 0.15) is 77.9 Å². The van der Waals surface area contributed by atoms with E-state index in [1.54, 1.807) is 0 Å². The van der Waals surface area contributed by atoms with Crippen molar-refractivity contribution in [3.05, 3.63) is 321 Å². The molecule has 2 aliphatic carbocycles. The van der Waals surface area contributed by atoms with Gasteiger partial charge in [-0.3, -0.25) is 0 Å². The molecule has 70 heavy (non-hydrogen) atoms. The van der Waals surface area contributed by atoms with Crippen LogP contribution >= 0.6 is 0 Å². The normalized spacial score (nSPS) is 14.2. The van der Waals surface area contributed by atoms with Crippen molar-refractivity contribution >= 4 is 12.6 Å². The average molecular weight is 899 g/mol. The number of rotatable bonds is 10. The van der Waals surface area contributed by atoms with Gasteiger partial charge < -0.3 is 9.59 Å². The molecule has 9 aromatic rings. The van der Waals surface area contributed by atoms with Gasteiger partial charge in [0, 0.05) is 11.1 Å². The third kappa shape index (κ3) is 7.79. The summed E-state index contributed by atoms with van der Waals surface area (Å²) in [5, 5.41) is 0. The molecule has 2 nitrogen and oxygen atoms in total. The lowest BCUT2D eigenvalue weighted by Crippen LogP contribution is -2.29. The molecule has 0 spiro atoms. The molecule has 11 rings (SSSR count). The number of carbonyl (C=O) groups is 2. The molecule has 0 radical (unpaired) electrons. The Labute approximate surface area is 411 Å². The van der Waals surface area contributed by atoms with Gasteiger partial charge in [0.25, 0.3) is 0 Å². The van der Waals surface area contributed by atoms with Gasteiger partial charge in [0.1, 0.15) is 23.4 Å². The van der Waals surface area contributed by atoms with Crippen LogP contribution in [-0.2, 0) is 56.9 Å². The number of hydrogen-bond acceptors (Lipinski definition) is 2. The van der Waals surface area contributed by atoms with E-state index in [0.29, 0.717) is 25.7 Å². The van der Waals surface area contributed by atoms with Crippen LogP contribution < -0.4 is 0 Å². The van der Waals surface area contributed by atoms with Crippen molar-refractivity contribution < 1.29 is 9.59 Å². The van der Waals surface area contributed by atoms with Crippen LogP contribution in [0.4, 0.5) is 0 Å². The third-order valence-corrected chi connectivity index (χ3v) is 14.9. The fraction of sp³-hybridized carbons (Fsp3) is 0.118. The monoisotopic (exact) mass is 898 g/mol. The van der Waals surface area contributed by atoms with Crippen LogP contribution in [0.25, 0.3) is 0 Å². The van der Waals surface area contributed by atoms with Crippen molar-refractivity contribution in [2.24, 2.45) is 0 Å². The Morgan fingerprint density at radius 3 is 0.757 bits per heavy atom. The first-order valence-electron chi connectivity index (χ1n) is 24.1. The lowest BCUT2D eigenvalue weighted by molar-refractivity contribution is -0.113. The van der Waals surface area contributed by atoms with E-state index >= 15 is 0 Å². The van der Waals surface area contributed by atoms with E-state index in [-0.39, 0.29) is 0 Å². The summed E-state index contributed by atoms with van der Waals surface area (Å²) in [5.41, 5.74) is 12.3. The molecule has 0 fully saturated rings. The first-order chi connectivity index (χ1) is 34.5. The van der Waals surface area contributed by atoms with Crippen molar-refractivity contribution in [2.75, 3.05) is 0 Å². The van der Waals surface area contributed by atoms with E-state index in [9.17, 15) is 9.59 Å².